The number of unbranched alkanes of at least 4 members (excludes halogenated alkanes) is 1. The molecule has 1 aromatic rings. The summed E-state index contributed by atoms with van der Waals surface area (Å²) in [4.78, 5) is 0. The first-order valence-electron chi connectivity index (χ1n) is 6.12. The van der Waals surface area contributed by atoms with Gasteiger partial charge in [0.2, 0.25) is 10.4 Å². The van der Waals surface area contributed by atoms with Crippen LogP contribution in [0, 0.1) is 0 Å². The number of nitrogens with zero attached hydrogens (tertiary/aromatic N) is 1. The molecule has 0 amide bonds. The van der Waals surface area contributed by atoms with Crippen molar-refractivity contribution in [1.29, 1.82) is 0 Å². The molecule has 122 valence electrons. The van der Waals surface area contributed by atoms with Crippen molar-refractivity contribution < 1.29 is 35.1 Å². The lowest BCUT2D eigenvalue weighted by Crippen LogP contribution is -2.32. The molecular formula is C11H19NO7S2. The number of aromatic nitrogens is 1. The van der Waals surface area contributed by atoms with Gasteiger partial charge in [0.1, 0.15) is 6.54 Å². The van der Waals surface area contributed by atoms with Crippen molar-refractivity contribution in [2.45, 2.75) is 32.7 Å². The Morgan fingerprint density at radius 1 is 1.10 bits per heavy atom. The normalized spacial score (nSPS) is 11.6. The highest BCUT2D eigenvalue weighted by molar-refractivity contribution is 7.85. The maximum atomic E-state index is 10.5. The Kier molecular flexibility index (Phi) is 8.59. The predicted molar refractivity (Wildman–Crippen MR) is 74.0 cm³/mol. The largest absolute Gasteiger partial charge is 0.726 e. The molecule has 0 spiro atoms. The van der Waals surface area contributed by atoms with Crippen LogP contribution >= 0.6 is 0 Å². The maximum absolute atomic E-state index is 10.5. The summed E-state index contributed by atoms with van der Waals surface area (Å²) in [6.07, 6.45) is 6.24. The molecule has 0 aliphatic heterocycles. The average Bonchev–Trinajstić information content (AvgIpc) is 2.32. The van der Waals surface area contributed by atoms with Crippen LogP contribution in [0.2, 0.25) is 0 Å². The van der Waals surface area contributed by atoms with Crippen LogP contribution in [0.3, 0.4) is 0 Å². The molecule has 0 aliphatic rings. The van der Waals surface area contributed by atoms with Gasteiger partial charge in [-0.1, -0.05) is 6.92 Å². The molecule has 1 aromatic heterocycles. The molecule has 0 atom stereocenters. The van der Waals surface area contributed by atoms with Crippen LogP contribution in [0.4, 0.5) is 0 Å². The van der Waals surface area contributed by atoms with E-state index in [9.17, 15) is 8.42 Å². The van der Waals surface area contributed by atoms with Gasteiger partial charge >= 0.3 is 0 Å². The van der Waals surface area contributed by atoms with Gasteiger partial charge in [0, 0.05) is 18.6 Å². The summed E-state index contributed by atoms with van der Waals surface area (Å²) >= 11 is 0. The highest BCUT2D eigenvalue weighted by atomic mass is 32.3. The van der Waals surface area contributed by atoms with Gasteiger partial charge in [-0.15, -0.1) is 0 Å². The second kappa shape index (κ2) is 9.05. The molecule has 1 heterocycles. The molecule has 0 saturated carbocycles. The Morgan fingerprint density at radius 3 is 1.95 bits per heavy atom. The van der Waals surface area contributed by atoms with Crippen LogP contribution in [0.5, 0.6) is 0 Å². The van der Waals surface area contributed by atoms with E-state index < -0.39 is 20.5 Å². The third kappa shape index (κ3) is 15.1. The first-order valence-corrected chi connectivity index (χ1v) is 9.10. The number of hydrogen-bond acceptors (Lipinski definition) is 5. The second-order valence-electron chi connectivity index (χ2n) is 4.22. The minimum absolute atomic E-state index is 0.152. The summed E-state index contributed by atoms with van der Waals surface area (Å²) in [7, 11) is -8.72. The van der Waals surface area contributed by atoms with Gasteiger partial charge in [-0.2, -0.15) is 8.42 Å². The van der Waals surface area contributed by atoms with Crippen molar-refractivity contribution in [3.63, 3.8) is 0 Å². The molecule has 21 heavy (non-hydrogen) atoms. The fourth-order valence-corrected chi connectivity index (χ4v) is 2.02. The van der Waals surface area contributed by atoms with E-state index in [1.165, 1.54) is 5.56 Å². The number of rotatable bonds is 6. The number of hydrogen-bond donors (Lipinski definition) is 2. The Hall–Kier alpha value is -1.07. The lowest BCUT2D eigenvalue weighted by molar-refractivity contribution is -0.697. The highest BCUT2D eigenvalue weighted by Gasteiger charge is 2.05. The molecule has 0 aromatic carbocycles. The first-order chi connectivity index (χ1) is 9.51. The van der Waals surface area contributed by atoms with E-state index in [-0.39, 0.29) is 5.75 Å². The minimum Gasteiger partial charge on any atom is -0.726 e. The fourth-order valence-electron chi connectivity index (χ4n) is 1.45. The Labute approximate surface area is 124 Å². The summed E-state index contributed by atoms with van der Waals surface area (Å²) in [6.45, 7) is 2.88. The summed E-state index contributed by atoms with van der Waals surface area (Å²) in [6, 6.07) is 4.12. The molecule has 8 nitrogen and oxygen atoms in total. The van der Waals surface area contributed by atoms with Crippen LogP contribution in [0.1, 0.15) is 25.3 Å². The molecule has 2 N–H and O–H groups in total. The van der Waals surface area contributed by atoms with E-state index in [0.29, 0.717) is 6.42 Å². The number of aryl methyl sites for hydroxylation is 2. The Morgan fingerprint density at radius 2 is 1.57 bits per heavy atom. The molecule has 0 saturated heterocycles. The monoisotopic (exact) mass is 341 g/mol. The van der Waals surface area contributed by atoms with Crippen LogP contribution in [-0.2, 0) is 33.5 Å². The van der Waals surface area contributed by atoms with Gasteiger partial charge in [0.05, 0.1) is 5.75 Å². The Bertz CT molecular complexity index is 600. The van der Waals surface area contributed by atoms with Gasteiger partial charge in [-0.05, 0) is 18.4 Å². The summed E-state index contributed by atoms with van der Waals surface area (Å²) < 4.78 is 64.3. The summed E-state index contributed by atoms with van der Waals surface area (Å²) in [5, 5.41) is 0. The van der Waals surface area contributed by atoms with Crippen molar-refractivity contribution in [3.05, 3.63) is 30.1 Å². The third-order valence-electron chi connectivity index (χ3n) is 2.44. The quantitative estimate of drug-likeness (QED) is 0.327. The van der Waals surface area contributed by atoms with E-state index in [4.69, 9.17) is 22.1 Å². The van der Waals surface area contributed by atoms with E-state index in [1.54, 1.807) is 0 Å². The fraction of sp³-hybridized carbons (Fsp3) is 0.545. The van der Waals surface area contributed by atoms with E-state index in [1.807, 2.05) is 17.0 Å². The predicted octanol–water partition coefficient (Wildman–Crippen LogP) is 0.209. The molecular weight excluding hydrogens is 322 g/mol. The average molecular weight is 341 g/mol. The standard InChI is InChI=1S/C11H17NO3S.H2O4S/c1-2-11-5-8-12(9-6-11)7-3-4-10-16(13,14)15;1-5(2,3)4/h5-6,8-9H,2-4,7,10H2,1H3;(H2,1,2,3,4). The second-order valence-corrected chi connectivity index (χ2v) is 6.65. The third-order valence-corrected chi connectivity index (χ3v) is 3.24. The van der Waals surface area contributed by atoms with Crippen LogP contribution in [0.15, 0.2) is 24.5 Å². The van der Waals surface area contributed by atoms with Crippen molar-refractivity contribution in [2.75, 3.05) is 5.75 Å². The van der Waals surface area contributed by atoms with E-state index >= 15 is 0 Å². The lowest BCUT2D eigenvalue weighted by Gasteiger charge is -1.98. The van der Waals surface area contributed by atoms with Crippen LogP contribution in [0.25, 0.3) is 0 Å². The zero-order valence-electron chi connectivity index (χ0n) is 11.5. The molecule has 0 unspecified atom stereocenters. The van der Waals surface area contributed by atoms with Gasteiger partial charge < -0.3 is 4.55 Å². The minimum atomic E-state index is -4.92. The van der Waals surface area contributed by atoms with Gasteiger partial charge in [0.25, 0.3) is 10.1 Å². The highest BCUT2D eigenvalue weighted by Crippen LogP contribution is 1.97. The summed E-state index contributed by atoms with van der Waals surface area (Å²) in [5.41, 5.74) is 1.29. The van der Waals surface area contributed by atoms with Gasteiger partial charge in [0.15, 0.2) is 12.4 Å². The van der Waals surface area contributed by atoms with Gasteiger partial charge in [-0.25, -0.2) is 13.0 Å². The van der Waals surface area contributed by atoms with E-state index in [2.05, 4.69) is 19.1 Å². The Balaban J connectivity index is 0.000000690. The topological polar surface area (TPSA) is 136 Å². The van der Waals surface area contributed by atoms with Crippen molar-refractivity contribution >= 4 is 20.5 Å². The molecule has 0 fully saturated rings. The molecule has 10 heteroatoms. The molecule has 0 radical (unpaired) electrons. The number of pyridine rings is 1. The van der Waals surface area contributed by atoms with Crippen molar-refractivity contribution in [3.8, 4) is 0 Å². The van der Waals surface area contributed by atoms with Crippen molar-refractivity contribution in [2.24, 2.45) is 0 Å². The van der Waals surface area contributed by atoms with E-state index in [0.717, 1.165) is 19.4 Å². The molecule has 0 aliphatic carbocycles. The SMILES string of the molecule is CCc1cc[n+](CCCCS(=O)(=O)O)cc1.O=S(=O)([O-])O. The van der Waals surface area contributed by atoms with Crippen LogP contribution < -0.4 is 4.57 Å². The lowest BCUT2D eigenvalue weighted by atomic mass is 10.2. The van der Waals surface area contributed by atoms with Gasteiger partial charge in [-0.3, -0.25) is 9.11 Å². The maximum Gasteiger partial charge on any atom is 0.264 e. The zero-order valence-corrected chi connectivity index (χ0v) is 13.2. The summed E-state index contributed by atoms with van der Waals surface area (Å²) in [5.74, 6) is -0.152. The van der Waals surface area contributed by atoms with Crippen molar-refractivity contribution in [1.82, 2.24) is 0 Å². The smallest absolute Gasteiger partial charge is 0.264 e. The molecule has 1 rings (SSSR count). The molecule has 0 bridgehead atoms. The zero-order chi connectivity index (χ0) is 16.5. The van der Waals surface area contributed by atoms with Crippen LogP contribution in [-0.4, -0.2) is 36.2 Å². The first kappa shape index (κ1) is 19.9.